The molecule has 2 atom stereocenters. The van der Waals surface area contributed by atoms with Gasteiger partial charge in [0, 0.05) is 47.1 Å². The number of benzene rings is 2. The van der Waals surface area contributed by atoms with Crippen molar-refractivity contribution in [3.8, 4) is 17.1 Å². The van der Waals surface area contributed by atoms with Gasteiger partial charge in [0.15, 0.2) is 10.9 Å². The molecule has 2 aromatic heterocycles. The molecule has 2 bridgehead atoms. The second kappa shape index (κ2) is 9.85. The monoisotopic (exact) mass is 606 g/mol. The van der Waals surface area contributed by atoms with Gasteiger partial charge in [-0.2, -0.15) is 23.1 Å². The number of rotatable bonds is 6. The minimum absolute atomic E-state index is 0.0615. The molecular formula is C28H27F5N6O2S. The number of fused-ring (bicyclic) bond motifs is 4. The molecule has 0 radical (unpaired) electrons. The number of hydrogen-bond donors (Lipinski definition) is 3. The van der Waals surface area contributed by atoms with Gasteiger partial charge in [0.1, 0.15) is 17.2 Å². The van der Waals surface area contributed by atoms with Crippen LogP contribution in [0.2, 0.25) is 0 Å². The summed E-state index contributed by atoms with van der Waals surface area (Å²) in [6, 6.07) is 2.98. The maximum Gasteiger partial charge on any atom is 0.417 e. The number of nitrogens with two attached hydrogens (primary N) is 1. The molecule has 2 aromatic carbocycles. The summed E-state index contributed by atoms with van der Waals surface area (Å²) in [5.74, 6) is -1.82. The van der Waals surface area contributed by atoms with Crippen LogP contribution in [0, 0.1) is 17.0 Å². The van der Waals surface area contributed by atoms with E-state index in [-0.39, 0.29) is 68.9 Å². The van der Waals surface area contributed by atoms with Gasteiger partial charge < -0.3 is 25.8 Å². The molecule has 2 saturated heterocycles. The van der Waals surface area contributed by atoms with Crippen molar-refractivity contribution in [1.29, 1.82) is 0 Å². The first kappa shape index (κ1) is 27.5. The predicted molar refractivity (Wildman–Crippen MR) is 149 cm³/mol. The number of aromatic nitrogens is 3. The minimum Gasteiger partial charge on any atom is -0.463 e. The number of thiazole rings is 1. The largest absolute Gasteiger partial charge is 0.463 e. The van der Waals surface area contributed by atoms with E-state index in [0.29, 0.717) is 13.1 Å². The molecule has 42 heavy (non-hydrogen) atoms. The fourth-order valence-corrected chi connectivity index (χ4v) is 7.15. The van der Waals surface area contributed by atoms with Gasteiger partial charge in [0.05, 0.1) is 29.0 Å². The summed E-state index contributed by atoms with van der Waals surface area (Å²) in [5, 5.41) is 13.2. The van der Waals surface area contributed by atoms with Gasteiger partial charge >= 0.3 is 12.2 Å². The number of alkyl halides is 3. The van der Waals surface area contributed by atoms with Crippen LogP contribution in [0.1, 0.15) is 37.7 Å². The number of anilines is 2. The summed E-state index contributed by atoms with van der Waals surface area (Å²) in [6.07, 6.45) is -0.722. The molecule has 0 amide bonds. The zero-order chi connectivity index (χ0) is 29.4. The lowest BCUT2D eigenvalue weighted by Crippen LogP contribution is -2.51. The van der Waals surface area contributed by atoms with Crippen LogP contribution in [-0.2, 0) is 6.18 Å². The third-order valence-electron chi connectivity index (χ3n) is 8.75. The molecular weight excluding hydrogens is 579 g/mol. The molecule has 1 aliphatic carbocycles. The predicted octanol–water partition coefficient (Wildman–Crippen LogP) is 5.27. The third-order valence-corrected chi connectivity index (χ3v) is 9.64. The average Bonchev–Trinajstić information content (AvgIpc) is 3.49. The lowest BCUT2D eigenvalue weighted by molar-refractivity contribution is -0.137. The number of aliphatic hydroxyl groups is 1. The number of nitrogens with one attached hydrogen (secondary N) is 1. The van der Waals surface area contributed by atoms with Crippen LogP contribution < -0.4 is 20.7 Å². The lowest BCUT2D eigenvalue weighted by atomic mass is 9.70. The Morgan fingerprint density at radius 1 is 1.10 bits per heavy atom. The topological polar surface area (TPSA) is 109 Å². The molecule has 4 aromatic rings. The molecule has 8 nitrogen and oxygen atoms in total. The Morgan fingerprint density at radius 3 is 2.48 bits per heavy atom. The van der Waals surface area contributed by atoms with E-state index in [2.05, 4.69) is 20.3 Å². The third kappa shape index (κ3) is 4.51. The summed E-state index contributed by atoms with van der Waals surface area (Å²) in [6.45, 7) is 0.945. The van der Waals surface area contributed by atoms with Crippen LogP contribution in [0.4, 0.5) is 32.9 Å². The van der Waals surface area contributed by atoms with Crippen LogP contribution in [0.3, 0.4) is 0 Å². The summed E-state index contributed by atoms with van der Waals surface area (Å²) < 4.78 is 81.0. The first-order valence-corrected chi connectivity index (χ1v) is 14.6. The maximum atomic E-state index is 16.6. The van der Waals surface area contributed by atoms with Crippen molar-refractivity contribution >= 4 is 43.4 Å². The first-order chi connectivity index (χ1) is 20.0. The highest BCUT2D eigenvalue weighted by Gasteiger charge is 2.41. The van der Waals surface area contributed by atoms with Gasteiger partial charge in [-0.25, -0.2) is 13.8 Å². The number of ether oxygens (including phenoxy) is 1. The van der Waals surface area contributed by atoms with Gasteiger partial charge in [-0.05, 0) is 43.9 Å². The number of nitrogen functional groups attached to an aromatic ring is 1. The van der Waals surface area contributed by atoms with E-state index in [1.807, 2.05) is 4.90 Å². The van der Waals surface area contributed by atoms with E-state index in [4.69, 9.17) is 10.5 Å². The second-order valence-corrected chi connectivity index (χ2v) is 12.5. The van der Waals surface area contributed by atoms with E-state index < -0.39 is 34.4 Å². The van der Waals surface area contributed by atoms with Crippen molar-refractivity contribution in [3.05, 3.63) is 35.4 Å². The Labute approximate surface area is 240 Å². The minimum atomic E-state index is -4.97. The quantitative estimate of drug-likeness (QED) is 0.255. The summed E-state index contributed by atoms with van der Waals surface area (Å²) >= 11 is 0.768. The lowest BCUT2D eigenvalue weighted by Gasteiger charge is -2.39. The Kier molecular flexibility index (Phi) is 6.44. The van der Waals surface area contributed by atoms with Crippen LogP contribution in [-0.4, -0.2) is 58.4 Å². The van der Waals surface area contributed by atoms with Crippen LogP contribution in [0.25, 0.3) is 32.2 Å². The van der Waals surface area contributed by atoms with Crippen molar-refractivity contribution in [3.63, 3.8) is 0 Å². The molecule has 2 aliphatic heterocycles. The molecule has 3 aliphatic rings. The number of halogens is 5. The second-order valence-electron chi connectivity index (χ2n) is 11.5. The standard InChI is InChI=1S/C28H27F5N6O2S/c29-18-5-4-15(22-23(18)42-25(34)36-22)19-17(28(31,32)33)8-16-21(20(19)30)37-26(41-12-27(11-40)6-1-7-27)38-24(16)39-9-13-2-3-14(10-39)35-13/h4-5,8,13-14,35,40H,1-3,6-7,9-12H2,(H2,34,36). The molecule has 7 rings (SSSR count). The van der Waals surface area contributed by atoms with Crippen molar-refractivity contribution < 1.29 is 31.8 Å². The number of aliphatic hydroxyl groups excluding tert-OH is 1. The Hall–Kier alpha value is -3.36. The Bertz CT molecular complexity index is 1690. The zero-order valence-electron chi connectivity index (χ0n) is 22.3. The first-order valence-electron chi connectivity index (χ1n) is 13.8. The van der Waals surface area contributed by atoms with E-state index in [9.17, 15) is 22.7 Å². The number of nitrogens with zero attached hydrogens (tertiary/aromatic N) is 4. The molecule has 3 fully saturated rings. The molecule has 222 valence electrons. The van der Waals surface area contributed by atoms with Crippen LogP contribution in [0.15, 0.2) is 18.2 Å². The molecule has 14 heteroatoms. The highest BCUT2D eigenvalue weighted by atomic mass is 32.1. The number of hydrogen-bond acceptors (Lipinski definition) is 9. The summed E-state index contributed by atoms with van der Waals surface area (Å²) in [7, 11) is 0. The molecule has 1 saturated carbocycles. The highest BCUT2D eigenvalue weighted by molar-refractivity contribution is 7.22. The van der Waals surface area contributed by atoms with Crippen molar-refractivity contribution in [1.82, 2.24) is 20.3 Å². The van der Waals surface area contributed by atoms with Gasteiger partial charge in [-0.15, -0.1) is 0 Å². The average molecular weight is 607 g/mol. The highest BCUT2D eigenvalue weighted by Crippen LogP contribution is 2.46. The molecule has 4 N–H and O–H groups in total. The smallest absolute Gasteiger partial charge is 0.417 e. The number of piperazine rings is 1. The molecule has 0 spiro atoms. The normalized spacial score (nSPS) is 21.7. The molecule has 4 heterocycles. The van der Waals surface area contributed by atoms with Gasteiger partial charge in [0.2, 0.25) is 0 Å². The SMILES string of the molecule is Nc1nc2c(-c3c(C(F)(F)F)cc4c(N5CC6CCC(C5)N6)nc(OCC5(CO)CCC5)nc4c3F)ccc(F)c2s1. The Morgan fingerprint density at radius 2 is 1.83 bits per heavy atom. The maximum absolute atomic E-state index is 16.6. The van der Waals surface area contributed by atoms with Gasteiger partial charge in [-0.3, -0.25) is 0 Å². The van der Waals surface area contributed by atoms with E-state index in [1.54, 1.807) is 0 Å². The van der Waals surface area contributed by atoms with Gasteiger partial charge in [-0.1, -0.05) is 17.8 Å². The zero-order valence-corrected chi connectivity index (χ0v) is 23.1. The van der Waals surface area contributed by atoms with Crippen LogP contribution in [0.5, 0.6) is 6.01 Å². The van der Waals surface area contributed by atoms with Gasteiger partial charge in [0.25, 0.3) is 0 Å². The summed E-state index contributed by atoms with van der Waals surface area (Å²) in [4.78, 5) is 14.7. The summed E-state index contributed by atoms with van der Waals surface area (Å²) in [5.41, 5.74) is 2.49. The molecule has 2 unspecified atom stereocenters. The van der Waals surface area contributed by atoms with Crippen molar-refractivity contribution in [2.45, 2.75) is 50.4 Å². The van der Waals surface area contributed by atoms with E-state index in [1.165, 1.54) is 0 Å². The fraction of sp³-hybridized carbons (Fsp3) is 0.464. The van der Waals surface area contributed by atoms with E-state index >= 15 is 4.39 Å². The van der Waals surface area contributed by atoms with Crippen LogP contribution >= 0.6 is 11.3 Å². The Balaban J connectivity index is 1.46. The van der Waals surface area contributed by atoms with Crippen molar-refractivity contribution in [2.75, 3.05) is 36.9 Å². The van der Waals surface area contributed by atoms with Crippen molar-refractivity contribution in [2.24, 2.45) is 5.41 Å². The fourth-order valence-electron chi connectivity index (χ4n) is 6.39. The van der Waals surface area contributed by atoms with E-state index in [0.717, 1.165) is 61.6 Å².